The lowest BCUT2D eigenvalue weighted by molar-refractivity contribution is 1.13. The van der Waals surface area contributed by atoms with Crippen molar-refractivity contribution in [3.63, 3.8) is 0 Å². The van der Waals surface area contributed by atoms with Crippen LogP contribution in [0.2, 0.25) is 0 Å². The van der Waals surface area contributed by atoms with Crippen LogP contribution in [0.4, 0.5) is 22.7 Å². The number of rotatable bonds is 6. The molecule has 0 bridgehead atoms. The van der Waals surface area contributed by atoms with Crippen molar-refractivity contribution in [1.29, 1.82) is 0 Å². The van der Waals surface area contributed by atoms with Crippen LogP contribution in [-0.2, 0) is 0 Å². The van der Waals surface area contributed by atoms with E-state index in [1.165, 1.54) is 33.6 Å². The fourth-order valence-electron chi connectivity index (χ4n) is 3.76. The number of aliphatic imine (C=N–C) groups is 2. The molecule has 0 aliphatic rings. The molecule has 4 aromatic rings. The van der Waals surface area contributed by atoms with Crippen molar-refractivity contribution in [3.05, 3.63) is 118 Å². The molecular weight excluding hydrogens is 464 g/mol. The van der Waals surface area contributed by atoms with Crippen LogP contribution in [0.1, 0.15) is 33.4 Å². The van der Waals surface area contributed by atoms with Crippen molar-refractivity contribution in [2.24, 2.45) is 9.98 Å². The van der Waals surface area contributed by atoms with Crippen LogP contribution in [-0.4, -0.2) is 40.6 Å². The van der Waals surface area contributed by atoms with Gasteiger partial charge >= 0.3 is 0 Å². The molecule has 0 aromatic heterocycles. The Kier molecular flexibility index (Phi) is 10.0. The maximum absolute atomic E-state index is 4.57. The van der Waals surface area contributed by atoms with Gasteiger partial charge in [-0.1, -0.05) is 48.5 Å². The molecule has 0 saturated heterocycles. The molecule has 0 aliphatic heterocycles. The lowest BCUT2D eigenvalue weighted by atomic mass is 10.1. The van der Waals surface area contributed by atoms with Crippen LogP contribution in [0.25, 0.3) is 0 Å². The molecule has 4 heteroatoms. The third-order valence-electron chi connectivity index (χ3n) is 6.68. The fraction of sp³-hybridized carbons (Fsp3) is 0.235. The first-order chi connectivity index (χ1) is 18.2. The third-order valence-corrected chi connectivity index (χ3v) is 6.68. The summed E-state index contributed by atoms with van der Waals surface area (Å²) in [5.74, 6) is 0. The summed E-state index contributed by atoms with van der Waals surface area (Å²) in [5.41, 5.74) is 11.7. The zero-order valence-electron chi connectivity index (χ0n) is 24.0. The van der Waals surface area contributed by atoms with E-state index in [1.54, 1.807) is 0 Å². The Balaban J connectivity index is 0.000000211. The van der Waals surface area contributed by atoms with Crippen LogP contribution >= 0.6 is 0 Å². The topological polar surface area (TPSA) is 31.2 Å². The predicted octanol–water partition coefficient (Wildman–Crippen LogP) is 8.24. The molecular formula is C34H40N4. The van der Waals surface area contributed by atoms with Gasteiger partial charge in [-0.15, -0.1) is 0 Å². The van der Waals surface area contributed by atoms with Gasteiger partial charge in [0.15, 0.2) is 0 Å². The average Bonchev–Trinajstić information content (AvgIpc) is 2.91. The zero-order valence-corrected chi connectivity index (χ0v) is 24.0. The maximum atomic E-state index is 4.57. The van der Waals surface area contributed by atoms with Gasteiger partial charge in [-0.05, 0) is 97.5 Å². The van der Waals surface area contributed by atoms with Gasteiger partial charge in [0.05, 0.1) is 11.4 Å². The van der Waals surface area contributed by atoms with E-state index in [-0.39, 0.29) is 0 Å². The summed E-state index contributed by atoms with van der Waals surface area (Å²) in [6.07, 6.45) is 3.84. The molecule has 0 spiro atoms. The Bertz CT molecular complexity index is 1270. The van der Waals surface area contributed by atoms with Crippen LogP contribution < -0.4 is 9.80 Å². The normalized spacial score (nSPS) is 10.9. The van der Waals surface area contributed by atoms with Gasteiger partial charge in [0.25, 0.3) is 0 Å². The predicted molar refractivity (Wildman–Crippen MR) is 168 cm³/mol. The molecule has 4 aromatic carbocycles. The molecule has 0 amide bonds. The third kappa shape index (κ3) is 7.91. The Morgan fingerprint density at radius 2 is 0.816 bits per heavy atom. The van der Waals surface area contributed by atoms with E-state index >= 15 is 0 Å². The second-order valence-electron chi connectivity index (χ2n) is 9.93. The molecule has 4 rings (SSSR count). The fourth-order valence-corrected chi connectivity index (χ4v) is 3.76. The number of anilines is 2. The molecule has 0 heterocycles. The van der Waals surface area contributed by atoms with Gasteiger partial charge < -0.3 is 9.80 Å². The second kappa shape index (κ2) is 13.4. The summed E-state index contributed by atoms with van der Waals surface area (Å²) in [4.78, 5) is 13.3. The van der Waals surface area contributed by atoms with Crippen molar-refractivity contribution in [3.8, 4) is 0 Å². The van der Waals surface area contributed by atoms with Gasteiger partial charge in [0, 0.05) is 52.0 Å². The van der Waals surface area contributed by atoms with E-state index in [0.717, 1.165) is 22.5 Å². The highest BCUT2D eigenvalue weighted by atomic mass is 15.1. The SMILES string of the molecule is Cc1cccc(N=Cc2ccc(N(C)C)cc2)c1C.Cc1cccc(N=Cc2ccc(N(C)C)cc2)c1C. The van der Waals surface area contributed by atoms with E-state index in [0.29, 0.717) is 0 Å². The smallest absolute Gasteiger partial charge is 0.0661 e. The van der Waals surface area contributed by atoms with E-state index in [9.17, 15) is 0 Å². The largest absolute Gasteiger partial charge is 0.378 e. The quantitative estimate of drug-likeness (QED) is 0.248. The molecule has 0 unspecified atom stereocenters. The number of benzene rings is 4. The standard InChI is InChI=1S/2C17H20N2/c2*1-13-6-5-7-17(14(13)2)18-12-15-8-10-16(11-9-15)19(3)4/h2*5-12H,1-4H3. The van der Waals surface area contributed by atoms with Crippen molar-refractivity contribution >= 4 is 35.2 Å². The van der Waals surface area contributed by atoms with Gasteiger partial charge in [-0.3, -0.25) is 9.98 Å². The summed E-state index contributed by atoms with van der Waals surface area (Å²) >= 11 is 0. The highest BCUT2D eigenvalue weighted by Gasteiger charge is 2.00. The number of hydrogen-bond donors (Lipinski definition) is 0. The van der Waals surface area contributed by atoms with Crippen LogP contribution in [0.15, 0.2) is 94.9 Å². The first-order valence-electron chi connectivity index (χ1n) is 12.9. The molecule has 0 atom stereocenters. The van der Waals surface area contributed by atoms with Crippen molar-refractivity contribution < 1.29 is 0 Å². The van der Waals surface area contributed by atoms with Crippen LogP contribution in [0.3, 0.4) is 0 Å². The Morgan fingerprint density at radius 1 is 0.474 bits per heavy atom. The summed E-state index contributed by atoms with van der Waals surface area (Å²) < 4.78 is 0. The summed E-state index contributed by atoms with van der Waals surface area (Å²) in [6.45, 7) is 8.44. The lowest BCUT2D eigenvalue weighted by Gasteiger charge is -2.11. The second-order valence-corrected chi connectivity index (χ2v) is 9.93. The van der Waals surface area contributed by atoms with E-state index in [4.69, 9.17) is 0 Å². The Hall–Kier alpha value is -4.18. The van der Waals surface area contributed by atoms with E-state index in [1.807, 2.05) is 64.9 Å². The summed E-state index contributed by atoms with van der Waals surface area (Å²) in [5, 5.41) is 0. The molecule has 196 valence electrons. The average molecular weight is 505 g/mol. The summed E-state index contributed by atoms with van der Waals surface area (Å²) in [7, 11) is 8.16. The first-order valence-corrected chi connectivity index (χ1v) is 12.9. The van der Waals surface area contributed by atoms with E-state index in [2.05, 4.69) is 108 Å². The van der Waals surface area contributed by atoms with Crippen molar-refractivity contribution in [1.82, 2.24) is 0 Å². The molecule has 0 saturated carbocycles. The monoisotopic (exact) mass is 504 g/mol. The number of nitrogens with zero attached hydrogens (tertiary/aromatic N) is 4. The van der Waals surface area contributed by atoms with Crippen molar-refractivity contribution in [2.75, 3.05) is 38.0 Å². The van der Waals surface area contributed by atoms with Gasteiger partial charge in [0.1, 0.15) is 0 Å². The molecule has 38 heavy (non-hydrogen) atoms. The zero-order chi connectivity index (χ0) is 27.7. The molecule has 0 radical (unpaired) electrons. The lowest BCUT2D eigenvalue weighted by Crippen LogP contribution is -2.08. The van der Waals surface area contributed by atoms with Gasteiger partial charge in [-0.2, -0.15) is 0 Å². The Labute approximate surface area is 229 Å². The Morgan fingerprint density at radius 3 is 1.13 bits per heavy atom. The van der Waals surface area contributed by atoms with Gasteiger partial charge in [0.2, 0.25) is 0 Å². The highest BCUT2D eigenvalue weighted by Crippen LogP contribution is 2.22. The maximum Gasteiger partial charge on any atom is 0.0661 e. The van der Waals surface area contributed by atoms with Gasteiger partial charge in [-0.25, -0.2) is 0 Å². The minimum absolute atomic E-state index is 1.04. The van der Waals surface area contributed by atoms with Crippen LogP contribution in [0.5, 0.6) is 0 Å². The molecule has 0 fully saturated rings. The number of hydrogen-bond acceptors (Lipinski definition) is 4. The van der Waals surface area contributed by atoms with Crippen molar-refractivity contribution in [2.45, 2.75) is 27.7 Å². The molecule has 4 nitrogen and oxygen atoms in total. The first kappa shape index (κ1) is 28.4. The minimum atomic E-state index is 1.04. The molecule has 0 N–H and O–H groups in total. The number of aryl methyl sites for hydroxylation is 2. The van der Waals surface area contributed by atoms with Crippen LogP contribution in [0, 0.1) is 27.7 Å². The van der Waals surface area contributed by atoms with E-state index < -0.39 is 0 Å². The minimum Gasteiger partial charge on any atom is -0.378 e. The summed E-state index contributed by atoms with van der Waals surface area (Å²) in [6, 6.07) is 29.2. The highest BCUT2D eigenvalue weighted by molar-refractivity contribution is 5.83. The molecule has 0 aliphatic carbocycles.